The third-order valence-electron chi connectivity index (χ3n) is 3.39. The fraction of sp³-hybridized carbons (Fsp3) is 0.533. The predicted octanol–water partition coefficient (Wildman–Crippen LogP) is 2.34. The van der Waals surface area contributed by atoms with Gasteiger partial charge in [-0.3, -0.25) is 9.69 Å². The predicted molar refractivity (Wildman–Crippen MR) is 87.2 cm³/mol. The first kappa shape index (κ1) is 15.2. The van der Waals surface area contributed by atoms with Crippen LogP contribution in [-0.2, 0) is 4.79 Å². The maximum atomic E-state index is 12.1. The summed E-state index contributed by atoms with van der Waals surface area (Å²) in [5, 5.41) is 4.15. The van der Waals surface area contributed by atoms with Crippen molar-refractivity contribution in [1.82, 2.24) is 4.90 Å². The number of amides is 1. The highest BCUT2D eigenvalue weighted by Crippen LogP contribution is 2.24. The summed E-state index contributed by atoms with van der Waals surface area (Å²) in [5.41, 5.74) is 8.27. The molecule has 4 nitrogen and oxygen atoms in total. The van der Waals surface area contributed by atoms with Crippen molar-refractivity contribution in [1.29, 1.82) is 0 Å². The minimum Gasteiger partial charge on any atom is -0.399 e. The Morgan fingerprint density at radius 2 is 2.05 bits per heavy atom. The first-order valence-electron chi connectivity index (χ1n) is 6.98. The van der Waals surface area contributed by atoms with Crippen molar-refractivity contribution in [3.05, 3.63) is 23.8 Å². The molecule has 20 heavy (non-hydrogen) atoms. The van der Waals surface area contributed by atoms with Crippen LogP contribution in [0.5, 0.6) is 0 Å². The van der Waals surface area contributed by atoms with E-state index in [9.17, 15) is 4.79 Å². The number of thioether (sulfide) groups is 1. The molecule has 1 aromatic carbocycles. The van der Waals surface area contributed by atoms with Crippen molar-refractivity contribution in [2.75, 3.05) is 30.7 Å². The van der Waals surface area contributed by atoms with E-state index in [4.69, 9.17) is 5.73 Å². The molecule has 1 aromatic rings. The topological polar surface area (TPSA) is 58.4 Å². The second-order valence-electron chi connectivity index (χ2n) is 5.57. The molecule has 1 aliphatic rings. The summed E-state index contributed by atoms with van der Waals surface area (Å²) in [6, 6.07) is 5.54. The molecule has 1 heterocycles. The van der Waals surface area contributed by atoms with Gasteiger partial charge in [-0.15, -0.1) is 0 Å². The molecule has 2 atom stereocenters. The standard InChI is InChI=1S/C15H23N3OS/c1-10-6-13(16)4-5-14(10)17-15(19)9-18-7-11(2)20-12(3)8-18/h4-6,11-12H,7-9,16H2,1-3H3,(H,17,19). The van der Waals surface area contributed by atoms with Gasteiger partial charge in [0.05, 0.1) is 6.54 Å². The molecule has 1 fully saturated rings. The minimum absolute atomic E-state index is 0.0455. The average molecular weight is 293 g/mol. The van der Waals surface area contributed by atoms with E-state index in [1.165, 1.54) is 0 Å². The molecule has 0 aromatic heterocycles. The fourth-order valence-corrected chi connectivity index (χ4v) is 4.02. The quantitative estimate of drug-likeness (QED) is 0.840. The number of hydrogen-bond donors (Lipinski definition) is 2. The minimum atomic E-state index is 0.0455. The smallest absolute Gasteiger partial charge is 0.238 e. The summed E-state index contributed by atoms with van der Waals surface area (Å²) >= 11 is 1.99. The average Bonchev–Trinajstić information content (AvgIpc) is 2.31. The van der Waals surface area contributed by atoms with Gasteiger partial charge in [-0.25, -0.2) is 0 Å². The number of carbonyl (C=O) groups excluding carboxylic acids is 1. The lowest BCUT2D eigenvalue weighted by molar-refractivity contribution is -0.117. The molecule has 3 N–H and O–H groups in total. The zero-order valence-corrected chi connectivity index (χ0v) is 13.2. The van der Waals surface area contributed by atoms with Gasteiger partial charge in [0, 0.05) is 35.0 Å². The number of nitrogens with two attached hydrogens (primary N) is 1. The summed E-state index contributed by atoms with van der Waals surface area (Å²) in [4.78, 5) is 14.4. The molecule has 2 rings (SSSR count). The number of aryl methyl sites for hydroxylation is 1. The van der Waals surface area contributed by atoms with E-state index in [1.807, 2.05) is 36.9 Å². The van der Waals surface area contributed by atoms with Crippen LogP contribution in [0.3, 0.4) is 0 Å². The van der Waals surface area contributed by atoms with Crippen LogP contribution in [0.1, 0.15) is 19.4 Å². The number of nitrogens with zero attached hydrogens (tertiary/aromatic N) is 1. The van der Waals surface area contributed by atoms with Crippen molar-refractivity contribution < 1.29 is 4.79 Å². The Kier molecular flexibility index (Phi) is 4.94. The largest absolute Gasteiger partial charge is 0.399 e. The first-order chi connectivity index (χ1) is 9.44. The number of anilines is 2. The van der Waals surface area contributed by atoms with E-state index in [2.05, 4.69) is 24.1 Å². The highest BCUT2D eigenvalue weighted by molar-refractivity contribution is 8.00. The zero-order chi connectivity index (χ0) is 14.7. The van der Waals surface area contributed by atoms with Crippen molar-refractivity contribution in [3.8, 4) is 0 Å². The maximum Gasteiger partial charge on any atom is 0.238 e. The Morgan fingerprint density at radius 3 is 2.65 bits per heavy atom. The van der Waals surface area contributed by atoms with Crippen molar-refractivity contribution >= 4 is 29.0 Å². The second-order valence-corrected chi connectivity index (χ2v) is 7.46. The lowest BCUT2D eigenvalue weighted by atomic mass is 10.2. The molecule has 1 aliphatic heterocycles. The van der Waals surface area contributed by atoms with Gasteiger partial charge in [0.25, 0.3) is 0 Å². The van der Waals surface area contributed by atoms with Gasteiger partial charge in [0.2, 0.25) is 5.91 Å². The van der Waals surface area contributed by atoms with Crippen LogP contribution in [0.15, 0.2) is 18.2 Å². The van der Waals surface area contributed by atoms with Crippen LogP contribution < -0.4 is 11.1 Å². The molecule has 0 spiro atoms. The normalized spacial score (nSPS) is 23.6. The summed E-state index contributed by atoms with van der Waals surface area (Å²) in [7, 11) is 0. The number of carbonyl (C=O) groups is 1. The fourth-order valence-electron chi connectivity index (χ4n) is 2.63. The number of hydrogen-bond acceptors (Lipinski definition) is 4. The van der Waals surface area contributed by atoms with E-state index in [0.29, 0.717) is 17.0 Å². The number of nitrogen functional groups attached to an aromatic ring is 1. The van der Waals surface area contributed by atoms with Gasteiger partial charge in [-0.05, 0) is 30.7 Å². The van der Waals surface area contributed by atoms with Crippen LogP contribution in [0, 0.1) is 6.92 Å². The third kappa shape index (κ3) is 4.15. The summed E-state index contributed by atoms with van der Waals surface area (Å²) < 4.78 is 0. The molecular formula is C15H23N3OS. The molecule has 0 saturated carbocycles. The lowest BCUT2D eigenvalue weighted by Gasteiger charge is -2.34. The van der Waals surface area contributed by atoms with E-state index in [1.54, 1.807) is 0 Å². The number of nitrogens with one attached hydrogen (secondary N) is 1. The van der Waals surface area contributed by atoms with Gasteiger partial charge in [-0.1, -0.05) is 13.8 Å². The highest BCUT2D eigenvalue weighted by Gasteiger charge is 2.23. The van der Waals surface area contributed by atoms with Crippen LogP contribution in [-0.4, -0.2) is 40.9 Å². The van der Waals surface area contributed by atoms with E-state index in [-0.39, 0.29) is 5.91 Å². The Bertz CT molecular complexity index is 482. The first-order valence-corrected chi connectivity index (χ1v) is 7.92. The third-order valence-corrected chi connectivity index (χ3v) is 4.61. The molecule has 5 heteroatoms. The molecular weight excluding hydrogens is 270 g/mol. The van der Waals surface area contributed by atoms with Crippen LogP contribution >= 0.6 is 11.8 Å². The summed E-state index contributed by atoms with van der Waals surface area (Å²) in [5.74, 6) is 0.0455. The number of benzene rings is 1. The van der Waals surface area contributed by atoms with Gasteiger partial charge < -0.3 is 11.1 Å². The molecule has 0 aliphatic carbocycles. The van der Waals surface area contributed by atoms with Gasteiger partial charge in [0.1, 0.15) is 0 Å². The molecule has 1 amide bonds. The molecule has 110 valence electrons. The molecule has 0 radical (unpaired) electrons. The Hall–Kier alpha value is -1.20. The zero-order valence-electron chi connectivity index (χ0n) is 12.3. The van der Waals surface area contributed by atoms with Crippen molar-refractivity contribution in [3.63, 3.8) is 0 Å². The van der Waals surface area contributed by atoms with Crippen molar-refractivity contribution in [2.24, 2.45) is 0 Å². The van der Waals surface area contributed by atoms with Gasteiger partial charge in [0.15, 0.2) is 0 Å². The lowest BCUT2D eigenvalue weighted by Crippen LogP contribution is -2.44. The van der Waals surface area contributed by atoms with Crippen molar-refractivity contribution in [2.45, 2.75) is 31.3 Å². The Labute approximate surface area is 125 Å². The van der Waals surface area contributed by atoms with E-state index >= 15 is 0 Å². The van der Waals surface area contributed by atoms with Gasteiger partial charge in [-0.2, -0.15) is 11.8 Å². The molecule has 1 saturated heterocycles. The van der Waals surface area contributed by atoms with E-state index in [0.717, 1.165) is 30.0 Å². The number of rotatable bonds is 3. The highest BCUT2D eigenvalue weighted by atomic mass is 32.2. The van der Waals surface area contributed by atoms with Crippen LogP contribution in [0.4, 0.5) is 11.4 Å². The Morgan fingerprint density at radius 1 is 1.40 bits per heavy atom. The van der Waals surface area contributed by atoms with E-state index < -0.39 is 0 Å². The molecule has 2 unspecified atom stereocenters. The monoisotopic (exact) mass is 293 g/mol. The van der Waals surface area contributed by atoms with Crippen LogP contribution in [0.2, 0.25) is 0 Å². The summed E-state index contributed by atoms with van der Waals surface area (Å²) in [6.45, 7) is 8.80. The Balaban J connectivity index is 1.92. The maximum absolute atomic E-state index is 12.1. The summed E-state index contributed by atoms with van der Waals surface area (Å²) in [6.07, 6.45) is 0. The van der Waals surface area contributed by atoms with Crippen LogP contribution in [0.25, 0.3) is 0 Å². The van der Waals surface area contributed by atoms with Gasteiger partial charge >= 0.3 is 0 Å². The SMILES string of the molecule is Cc1cc(N)ccc1NC(=O)CN1CC(C)SC(C)C1. The second kappa shape index (κ2) is 6.50. The molecule has 0 bridgehead atoms.